The van der Waals surface area contributed by atoms with E-state index in [-0.39, 0.29) is 6.17 Å². The Labute approximate surface area is 310 Å². The van der Waals surface area contributed by atoms with Gasteiger partial charge in [-0.3, -0.25) is 0 Å². The van der Waals surface area contributed by atoms with E-state index in [0.29, 0.717) is 17.7 Å². The molecular formula is C47H35N3O2S. The number of allylic oxidation sites excluding steroid dienone is 4. The van der Waals surface area contributed by atoms with Crippen molar-refractivity contribution in [2.45, 2.75) is 38.8 Å². The SMILES string of the molecule is CC1C=CC=C(C2N=C(c3cccc4oc5ccccc5c34)N=C(c3ccc4c(c3)oc3cc(-c5cccc6c7c(sc56)C(C)CC=C7)ccc34)N2)C1. The number of amidine groups is 2. The molecule has 0 amide bonds. The van der Waals surface area contributed by atoms with Gasteiger partial charge in [0.05, 0.1) is 0 Å². The van der Waals surface area contributed by atoms with Crippen molar-refractivity contribution in [3.05, 3.63) is 149 Å². The van der Waals surface area contributed by atoms with E-state index < -0.39 is 0 Å². The third-order valence-electron chi connectivity index (χ3n) is 11.1. The number of benzene rings is 5. The molecule has 3 aliphatic rings. The number of thiophene rings is 1. The number of hydrogen-bond acceptors (Lipinski definition) is 6. The number of furan rings is 2. The van der Waals surface area contributed by atoms with E-state index in [9.17, 15) is 0 Å². The Morgan fingerprint density at radius 1 is 0.736 bits per heavy atom. The molecule has 0 saturated carbocycles. The number of para-hydroxylation sites is 1. The summed E-state index contributed by atoms with van der Waals surface area (Å²) < 4.78 is 14.3. The van der Waals surface area contributed by atoms with Gasteiger partial charge in [-0.25, -0.2) is 9.98 Å². The van der Waals surface area contributed by atoms with Gasteiger partial charge >= 0.3 is 0 Å². The molecule has 0 spiro atoms. The lowest BCUT2D eigenvalue weighted by atomic mass is 9.93. The third-order valence-corrected chi connectivity index (χ3v) is 12.6. The Balaban J connectivity index is 1.02. The summed E-state index contributed by atoms with van der Waals surface area (Å²) in [4.78, 5) is 12.0. The second kappa shape index (κ2) is 11.8. The number of rotatable bonds is 4. The van der Waals surface area contributed by atoms with Gasteiger partial charge in [0.25, 0.3) is 0 Å². The van der Waals surface area contributed by atoms with Crippen LogP contribution >= 0.6 is 11.3 Å². The van der Waals surface area contributed by atoms with Gasteiger partial charge in [-0.1, -0.05) is 105 Å². The molecule has 3 aromatic heterocycles. The average Bonchev–Trinajstić information content (AvgIpc) is 3.89. The smallest absolute Gasteiger partial charge is 0.160 e. The van der Waals surface area contributed by atoms with Crippen molar-refractivity contribution in [3.8, 4) is 11.1 Å². The van der Waals surface area contributed by atoms with Crippen LogP contribution in [0.1, 0.15) is 54.2 Å². The van der Waals surface area contributed by atoms with Crippen LogP contribution in [0.3, 0.4) is 0 Å². The van der Waals surface area contributed by atoms with Crippen LogP contribution in [0, 0.1) is 5.92 Å². The fourth-order valence-corrected chi connectivity index (χ4v) is 9.84. The first-order chi connectivity index (χ1) is 26.1. The molecule has 5 aromatic carbocycles. The van der Waals surface area contributed by atoms with E-state index in [4.69, 9.17) is 18.8 Å². The molecule has 0 fully saturated rings. The van der Waals surface area contributed by atoms with E-state index in [0.717, 1.165) is 73.7 Å². The molecule has 5 nitrogen and oxygen atoms in total. The van der Waals surface area contributed by atoms with Crippen molar-refractivity contribution in [2.24, 2.45) is 15.9 Å². The number of nitrogens with zero attached hydrogens (tertiary/aromatic N) is 2. The highest BCUT2D eigenvalue weighted by atomic mass is 32.1. The lowest BCUT2D eigenvalue weighted by Crippen LogP contribution is -2.40. The van der Waals surface area contributed by atoms with Crippen LogP contribution in [0.5, 0.6) is 0 Å². The monoisotopic (exact) mass is 705 g/mol. The molecule has 53 heavy (non-hydrogen) atoms. The molecule has 0 bridgehead atoms. The predicted octanol–water partition coefficient (Wildman–Crippen LogP) is 12.5. The maximum Gasteiger partial charge on any atom is 0.160 e. The number of aliphatic imine (C=N–C) groups is 2. The molecule has 1 aliphatic heterocycles. The largest absolute Gasteiger partial charge is 0.456 e. The van der Waals surface area contributed by atoms with Crippen LogP contribution in [0.2, 0.25) is 0 Å². The minimum Gasteiger partial charge on any atom is -0.456 e. The Morgan fingerprint density at radius 2 is 1.49 bits per heavy atom. The quantitative estimate of drug-likeness (QED) is 0.198. The van der Waals surface area contributed by atoms with Crippen LogP contribution in [-0.4, -0.2) is 17.8 Å². The first kappa shape index (κ1) is 30.6. The van der Waals surface area contributed by atoms with E-state index in [1.807, 2.05) is 35.6 Å². The second-order valence-electron chi connectivity index (χ2n) is 14.7. The van der Waals surface area contributed by atoms with Crippen molar-refractivity contribution in [1.82, 2.24) is 5.32 Å². The Morgan fingerprint density at radius 3 is 2.38 bits per heavy atom. The van der Waals surface area contributed by atoms with Gasteiger partial charge in [-0.15, -0.1) is 11.3 Å². The number of nitrogens with one attached hydrogen (secondary N) is 1. The predicted molar refractivity (Wildman–Crippen MR) is 221 cm³/mol. The molecule has 11 rings (SSSR count). The van der Waals surface area contributed by atoms with Gasteiger partial charge < -0.3 is 14.2 Å². The standard InChI is InChI=1S/C47H35N3O2S/c1-26-9-5-11-29(23-26)45-48-46(50-47(49-45)37-16-8-18-39-42(37)36-12-3-4-17-38(36)51-39)30-20-22-33-32-21-19-28(24-40(32)52-41(33)25-30)31-13-7-15-35-34-14-6-10-27(2)43(34)53-44(31)35/h3-9,11-22,24-27,45H,10,23H2,1-2H3,(H,48,49,50). The average molecular weight is 706 g/mol. The first-order valence-corrected chi connectivity index (χ1v) is 19.3. The highest BCUT2D eigenvalue weighted by Gasteiger charge is 2.27. The Bertz CT molecular complexity index is 2980. The zero-order valence-electron chi connectivity index (χ0n) is 29.4. The first-order valence-electron chi connectivity index (χ1n) is 18.5. The van der Waals surface area contributed by atoms with E-state index >= 15 is 0 Å². The summed E-state index contributed by atoms with van der Waals surface area (Å²) in [6.45, 7) is 4.58. The van der Waals surface area contributed by atoms with Gasteiger partial charge in [0.1, 0.15) is 34.3 Å². The number of fused-ring (bicyclic) bond motifs is 9. The Hall–Kier alpha value is -5.98. The van der Waals surface area contributed by atoms with Crippen molar-refractivity contribution in [1.29, 1.82) is 0 Å². The molecule has 3 unspecified atom stereocenters. The summed E-state index contributed by atoms with van der Waals surface area (Å²) in [5.41, 5.74) is 10.4. The molecule has 4 heterocycles. The topological polar surface area (TPSA) is 63.0 Å². The molecular weight excluding hydrogens is 671 g/mol. The van der Waals surface area contributed by atoms with Crippen molar-refractivity contribution in [2.75, 3.05) is 0 Å². The third kappa shape index (κ3) is 4.89. The van der Waals surface area contributed by atoms with Crippen LogP contribution in [0.15, 0.2) is 146 Å². The van der Waals surface area contributed by atoms with Gasteiger partial charge in [-0.05, 0) is 83.3 Å². The van der Waals surface area contributed by atoms with Gasteiger partial charge in [0.2, 0.25) is 0 Å². The summed E-state index contributed by atoms with van der Waals surface area (Å²) in [6.07, 6.45) is 13.0. The summed E-state index contributed by atoms with van der Waals surface area (Å²) >= 11 is 1.94. The summed E-state index contributed by atoms with van der Waals surface area (Å²) in [5, 5.41) is 9.33. The molecule has 256 valence electrons. The lowest BCUT2D eigenvalue weighted by Gasteiger charge is -2.27. The van der Waals surface area contributed by atoms with Crippen molar-refractivity contribution >= 4 is 83.0 Å². The highest BCUT2D eigenvalue weighted by Crippen LogP contribution is 2.45. The zero-order chi connectivity index (χ0) is 35.2. The van der Waals surface area contributed by atoms with E-state index in [1.54, 1.807) is 0 Å². The Kier molecular flexibility index (Phi) is 6.80. The maximum absolute atomic E-state index is 6.67. The van der Waals surface area contributed by atoms with Gasteiger partial charge in [0.15, 0.2) is 5.84 Å². The minimum absolute atomic E-state index is 0.253. The molecule has 2 aliphatic carbocycles. The van der Waals surface area contributed by atoms with Gasteiger partial charge in [0, 0.05) is 47.6 Å². The van der Waals surface area contributed by atoms with Gasteiger partial charge in [-0.2, -0.15) is 0 Å². The lowest BCUT2D eigenvalue weighted by molar-refractivity contribution is 0.614. The molecule has 0 radical (unpaired) electrons. The molecule has 6 heteroatoms. The fraction of sp³-hybridized carbons (Fsp3) is 0.149. The minimum atomic E-state index is -0.253. The van der Waals surface area contributed by atoms with Crippen LogP contribution in [0.25, 0.3) is 71.2 Å². The number of hydrogen-bond donors (Lipinski definition) is 1. The van der Waals surface area contributed by atoms with Crippen LogP contribution < -0.4 is 5.32 Å². The zero-order valence-corrected chi connectivity index (χ0v) is 30.2. The van der Waals surface area contributed by atoms with Crippen molar-refractivity contribution < 1.29 is 8.83 Å². The van der Waals surface area contributed by atoms with Crippen LogP contribution in [0.4, 0.5) is 0 Å². The molecule has 1 N–H and O–H groups in total. The molecule has 3 atom stereocenters. The maximum atomic E-state index is 6.67. The molecule has 8 aromatic rings. The summed E-state index contributed by atoms with van der Waals surface area (Å²) in [7, 11) is 0. The molecule has 0 saturated heterocycles. The second-order valence-corrected chi connectivity index (χ2v) is 15.7. The normalized spacial score (nSPS) is 19.9. The van der Waals surface area contributed by atoms with E-state index in [1.165, 1.54) is 37.2 Å². The summed E-state index contributed by atoms with van der Waals surface area (Å²) in [6, 6.07) is 34.1. The van der Waals surface area contributed by atoms with E-state index in [2.05, 4.69) is 122 Å². The highest BCUT2D eigenvalue weighted by molar-refractivity contribution is 7.20. The summed E-state index contributed by atoms with van der Waals surface area (Å²) in [5.74, 6) is 2.45. The van der Waals surface area contributed by atoms with Crippen molar-refractivity contribution in [3.63, 3.8) is 0 Å². The van der Waals surface area contributed by atoms with Crippen LogP contribution in [-0.2, 0) is 0 Å². The fourth-order valence-electron chi connectivity index (χ4n) is 8.46.